The molecule has 3 amide bonds. The fourth-order valence-electron chi connectivity index (χ4n) is 6.73. The number of rotatable bonds is 5. The maximum Gasteiger partial charge on any atom is 0.242 e. The van der Waals surface area contributed by atoms with Crippen molar-refractivity contribution >= 4 is 17.7 Å². The summed E-state index contributed by atoms with van der Waals surface area (Å²) >= 11 is 0. The molecule has 214 valence electrons. The second-order valence-electron chi connectivity index (χ2n) is 12.7. The first-order chi connectivity index (χ1) is 18.3. The highest BCUT2D eigenvalue weighted by atomic mass is 16.5. The SMILES string of the molecule is CC(C)C[C@H]1NC(=O)C2(C/C=C\C[C@@H]3COCC[C@@H]3NC1=O)CCN(CC(=O)N(C)C1CCCCC1)CC2. The van der Waals surface area contributed by atoms with E-state index in [1.54, 1.807) is 0 Å². The molecule has 0 aromatic carbocycles. The van der Waals surface area contributed by atoms with Gasteiger partial charge in [-0.05, 0) is 70.4 Å². The summed E-state index contributed by atoms with van der Waals surface area (Å²) in [6.07, 6.45) is 14.6. The van der Waals surface area contributed by atoms with E-state index in [4.69, 9.17) is 4.74 Å². The maximum atomic E-state index is 13.8. The minimum absolute atomic E-state index is 0.0163. The van der Waals surface area contributed by atoms with Crippen molar-refractivity contribution in [3.63, 3.8) is 0 Å². The van der Waals surface area contributed by atoms with Gasteiger partial charge in [0.15, 0.2) is 0 Å². The molecule has 3 atom stereocenters. The van der Waals surface area contributed by atoms with E-state index in [-0.39, 0.29) is 35.6 Å². The fourth-order valence-corrected chi connectivity index (χ4v) is 6.73. The van der Waals surface area contributed by atoms with Crippen molar-refractivity contribution in [2.75, 3.05) is 39.9 Å². The zero-order valence-corrected chi connectivity index (χ0v) is 23.9. The number of carbonyl (C=O) groups excluding carboxylic acids is 3. The average Bonchev–Trinajstić information content (AvgIpc) is 2.91. The van der Waals surface area contributed by atoms with E-state index in [0.717, 1.165) is 25.7 Å². The highest BCUT2D eigenvalue weighted by Gasteiger charge is 2.43. The zero-order chi connectivity index (χ0) is 27.1. The van der Waals surface area contributed by atoms with Crippen LogP contribution < -0.4 is 10.6 Å². The predicted octanol–water partition coefficient (Wildman–Crippen LogP) is 3.26. The minimum Gasteiger partial charge on any atom is -0.381 e. The number of ether oxygens (including phenoxy) is 1. The summed E-state index contributed by atoms with van der Waals surface area (Å²) in [7, 11) is 1.96. The van der Waals surface area contributed by atoms with Gasteiger partial charge in [-0.1, -0.05) is 45.3 Å². The molecule has 1 saturated carbocycles. The molecule has 4 aliphatic rings. The summed E-state index contributed by atoms with van der Waals surface area (Å²) in [5, 5.41) is 6.43. The Morgan fingerprint density at radius 1 is 1.11 bits per heavy atom. The Bertz CT molecular complexity index is 845. The number of likely N-dealkylation sites (tertiary alicyclic amines) is 1. The normalized spacial score (nSPS) is 30.5. The van der Waals surface area contributed by atoms with Gasteiger partial charge in [0.05, 0.1) is 18.6 Å². The molecule has 1 aliphatic carbocycles. The maximum absolute atomic E-state index is 13.8. The summed E-state index contributed by atoms with van der Waals surface area (Å²) < 4.78 is 5.72. The molecule has 8 heteroatoms. The summed E-state index contributed by atoms with van der Waals surface area (Å²) in [6, 6.07) is -0.0869. The van der Waals surface area contributed by atoms with Gasteiger partial charge in [-0.3, -0.25) is 19.3 Å². The second-order valence-corrected chi connectivity index (χ2v) is 12.7. The van der Waals surface area contributed by atoms with E-state index in [1.165, 1.54) is 19.3 Å². The largest absolute Gasteiger partial charge is 0.381 e. The molecule has 3 heterocycles. The summed E-state index contributed by atoms with van der Waals surface area (Å²) in [4.78, 5) is 44.4. The third-order valence-corrected chi connectivity index (χ3v) is 9.41. The molecule has 0 aromatic heterocycles. The van der Waals surface area contributed by atoms with Crippen molar-refractivity contribution in [1.29, 1.82) is 0 Å². The van der Waals surface area contributed by atoms with Gasteiger partial charge in [-0.15, -0.1) is 0 Å². The first-order valence-corrected chi connectivity index (χ1v) is 15.1. The number of nitrogens with one attached hydrogen (secondary N) is 2. The number of carbonyl (C=O) groups is 3. The van der Waals surface area contributed by atoms with E-state index in [2.05, 4.69) is 41.5 Å². The Balaban J connectivity index is 1.43. The fraction of sp³-hybridized carbons (Fsp3) is 0.833. The lowest BCUT2D eigenvalue weighted by atomic mass is 9.74. The van der Waals surface area contributed by atoms with Crippen LogP contribution in [0, 0.1) is 17.3 Å². The Kier molecular flexibility index (Phi) is 10.3. The summed E-state index contributed by atoms with van der Waals surface area (Å²) in [6.45, 7) is 7.33. The Labute approximate surface area is 229 Å². The monoisotopic (exact) mass is 530 g/mol. The molecule has 2 N–H and O–H groups in total. The summed E-state index contributed by atoms with van der Waals surface area (Å²) in [5.74, 6) is 0.640. The number of likely N-dealkylation sites (N-methyl/N-ethyl adjacent to an activating group) is 1. The van der Waals surface area contributed by atoms with Crippen LogP contribution >= 0.6 is 0 Å². The molecule has 0 bridgehead atoms. The van der Waals surface area contributed by atoms with Gasteiger partial charge in [0.2, 0.25) is 17.7 Å². The van der Waals surface area contributed by atoms with Gasteiger partial charge in [0.25, 0.3) is 0 Å². The van der Waals surface area contributed by atoms with Crippen molar-refractivity contribution in [2.45, 2.75) is 103 Å². The van der Waals surface area contributed by atoms with Crippen molar-refractivity contribution in [3.8, 4) is 0 Å². The van der Waals surface area contributed by atoms with E-state index >= 15 is 0 Å². The van der Waals surface area contributed by atoms with E-state index in [9.17, 15) is 14.4 Å². The smallest absolute Gasteiger partial charge is 0.242 e. The summed E-state index contributed by atoms with van der Waals surface area (Å²) in [5.41, 5.74) is -0.553. The van der Waals surface area contributed by atoms with Crippen molar-refractivity contribution in [3.05, 3.63) is 12.2 Å². The number of hydrogen-bond donors (Lipinski definition) is 2. The topological polar surface area (TPSA) is 91.0 Å². The van der Waals surface area contributed by atoms with Gasteiger partial charge in [0, 0.05) is 31.7 Å². The highest BCUT2D eigenvalue weighted by Crippen LogP contribution is 2.37. The van der Waals surface area contributed by atoms with Crippen LogP contribution in [-0.2, 0) is 19.1 Å². The number of fused-ring (bicyclic) bond motifs is 1. The van der Waals surface area contributed by atoms with Crippen LogP contribution in [0.3, 0.4) is 0 Å². The molecule has 3 fully saturated rings. The van der Waals surface area contributed by atoms with Crippen LogP contribution in [0.1, 0.15) is 84.5 Å². The number of amides is 3. The lowest BCUT2D eigenvalue weighted by Crippen LogP contribution is -2.57. The highest BCUT2D eigenvalue weighted by molar-refractivity contribution is 5.90. The van der Waals surface area contributed by atoms with Crippen molar-refractivity contribution in [2.24, 2.45) is 17.3 Å². The van der Waals surface area contributed by atoms with Crippen molar-refractivity contribution < 1.29 is 19.1 Å². The van der Waals surface area contributed by atoms with Gasteiger partial charge in [-0.2, -0.15) is 0 Å². The third kappa shape index (κ3) is 7.38. The number of nitrogens with zero attached hydrogens (tertiary/aromatic N) is 2. The quantitative estimate of drug-likeness (QED) is 0.533. The second kappa shape index (κ2) is 13.4. The molecule has 4 rings (SSSR count). The Hall–Kier alpha value is -1.93. The minimum atomic E-state index is -0.553. The van der Waals surface area contributed by atoms with Gasteiger partial charge < -0.3 is 20.3 Å². The molecule has 8 nitrogen and oxygen atoms in total. The molecule has 3 aliphatic heterocycles. The standard InChI is InChI=1S/C30H50N4O4/c1-22(2)19-26-28(36)31-25-12-18-38-21-23(25)9-7-8-13-30(29(37)32-26)14-16-34(17-15-30)20-27(35)33(3)24-10-5-4-6-11-24/h7-8,22-26H,4-6,9-21H2,1-3H3,(H,31,36)(H,32,37)/b8-7-/t23-,25+,26-/m1/s1. The van der Waals surface area contributed by atoms with Crippen LogP contribution in [0.4, 0.5) is 0 Å². The lowest BCUT2D eigenvalue weighted by Gasteiger charge is -2.42. The molecule has 1 spiro atoms. The Morgan fingerprint density at radius 2 is 1.84 bits per heavy atom. The van der Waals surface area contributed by atoms with Crippen LogP contribution in [0.2, 0.25) is 0 Å². The van der Waals surface area contributed by atoms with Gasteiger partial charge in [-0.25, -0.2) is 0 Å². The van der Waals surface area contributed by atoms with Gasteiger partial charge >= 0.3 is 0 Å². The zero-order valence-electron chi connectivity index (χ0n) is 23.9. The molecule has 0 unspecified atom stereocenters. The number of hydrogen-bond acceptors (Lipinski definition) is 5. The predicted molar refractivity (Wildman–Crippen MR) is 148 cm³/mol. The third-order valence-electron chi connectivity index (χ3n) is 9.41. The van der Waals surface area contributed by atoms with Crippen molar-refractivity contribution in [1.82, 2.24) is 20.4 Å². The van der Waals surface area contributed by atoms with Crippen LogP contribution in [-0.4, -0.2) is 85.5 Å². The van der Waals surface area contributed by atoms with E-state index in [1.807, 2.05) is 11.9 Å². The van der Waals surface area contributed by atoms with Crippen LogP contribution in [0.15, 0.2) is 12.2 Å². The average molecular weight is 531 g/mol. The van der Waals surface area contributed by atoms with Gasteiger partial charge in [0.1, 0.15) is 6.04 Å². The number of allylic oxidation sites excluding steroid dienone is 2. The first kappa shape index (κ1) is 29.1. The molecule has 2 saturated heterocycles. The van der Waals surface area contributed by atoms with Crippen LogP contribution in [0.25, 0.3) is 0 Å². The first-order valence-electron chi connectivity index (χ1n) is 15.1. The molecule has 38 heavy (non-hydrogen) atoms. The Morgan fingerprint density at radius 3 is 2.55 bits per heavy atom. The van der Waals surface area contributed by atoms with Crippen LogP contribution in [0.5, 0.6) is 0 Å². The van der Waals surface area contributed by atoms with E-state index in [0.29, 0.717) is 64.6 Å². The number of piperidine rings is 1. The molecule has 0 radical (unpaired) electrons. The molecular weight excluding hydrogens is 480 g/mol. The van der Waals surface area contributed by atoms with E-state index < -0.39 is 11.5 Å². The molecular formula is C30H50N4O4. The lowest BCUT2D eigenvalue weighted by molar-refractivity contribution is -0.139. The molecule has 0 aromatic rings.